The van der Waals surface area contributed by atoms with Crippen LogP contribution >= 0.6 is 34.8 Å². The lowest BCUT2D eigenvalue weighted by molar-refractivity contribution is 0.0913. The molecule has 0 aliphatic carbocycles. The van der Waals surface area contributed by atoms with Crippen molar-refractivity contribution >= 4 is 40.6 Å². The predicted octanol–water partition coefficient (Wildman–Crippen LogP) is 4.25. The quantitative estimate of drug-likeness (QED) is 0.789. The van der Waals surface area contributed by atoms with E-state index in [-0.39, 0.29) is 28.2 Å². The molecule has 0 saturated heterocycles. The second-order valence-corrected chi connectivity index (χ2v) is 5.17. The van der Waals surface area contributed by atoms with Crippen LogP contribution in [-0.2, 0) is 7.05 Å². The van der Waals surface area contributed by atoms with Gasteiger partial charge in [0.05, 0.1) is 15.7 Å². The highest BCUT2D eigenvalue weighted by atomic mass is 35.5. The number of ketones is 1. The molecule has 0 aliphatic heterocycles. The molecule has 19 heavy (non-hydrogen) atoms. The third kappa shape index (κ3) is 3.24. The van der Waals surface area contributed by atoms with Crippen molar-refractivity contribution in [3.05, 3.63) is 51.2 Å². The van der Waals surface area contributed by atoms with Crippen LogP contribution in [-0.4, -0.2) is 17.0 Å². The summed E-state index contributed by atoms with van der Waals surface area (Å²) in [5.41, 5.74) is 0.557. The van der Waals surface area contributed by atoms with Crippen molar-refractivity contribution in [1.82, 2.24) is 4.57 Å². The molecule has 0 N–H and O–H groups in total. The topological polar surface area (TPSA) is 31.2 Å². The van der Waals surface area contributed by atoms with Gasteiger partial charge in [-0.15, -0.1) is 0 Å². The molecule has 1 aromatic heterocycles. The number of aryl methyl sites for hydroxylation is 1. The van der Waals surface area contributed by atoms with Crippen molar-refractivity contribution in [3.63, 3.8) is 0 Å². The molecular formula is C13H10Cl3NO2. The molecule has 0 spiro atoms. The maximum atomic E-state index is 11.9. The fraction of sp³-hybridized carbons (Fsp3) is 0.154. The Morgan fingerprint density at radius 2 is 1.89 bits per heavy atom. The smallest absolute Gasteiger partial charge is 0.216 e. The third-order valence-corrected chi connectivity index (χ3v) is 3.32. The first kappa shape index (κ1) is 14.3. The van der Waals surface area contributed by atoms with Crippen molar-refractivity contribution in [2.45, 2.75) is 0 Å². The minimum Gasteiger partial charge on any atom is -0.482 e. The van der Waals surface area contributed by atoms with Crippen LogP contribution in [0.4, 0.5) is 0 Å². The summed E-state index contributed by atoms with van der Waals surface area (Å²) in [6, 6.07) is 6.53. The van der Waals surface area contributed by atoms with Crippen molar-refractivity contribution in [3.8, 4) is 5.75 Å². The van der Waals surface area contributed by atoms with Gasteiger partial charge in [-0.25, -0.2) is 0 Å². The Balaban J connectivity index is 2.12. The molecule has 1 heterocycles. The number of hydrogen-bond acceptors (Lipinski definition) is 2. The van der Waals surface area contributed by atoms with Crippen molar-refractivity contribution in [2.24, 2.45) is 7.05 Å². The number of halogens is 3. The van der Waals surface area contributed by atoms with Gasteiger partial charge >= 0.3 is 0 Å². The molecule has 0 fully saturated rings. The first-order valence-electron chi connectivity index (χ1n) is 5.41. The highest BCUT2D eigenvalue weighted by Gasteiger charge is 2.14. The molecule has 0 amide bonds. The minimum absolute atomic E-state index is 0.140. The summed E-state index contributed by atoms with van der Waals surface area (Å²) in [5, 5.41) is 0.963. The van der Waals surface area contributed by atoms with Crippen LogP contribution < -0.4 is 4.74 Å². The highest BCUT2D eigenvalue weighted by Crippen LogP contribution is 2.35. The monoisotopic (exact) mass is 317 g/mol. The average molecular weight is 319 g/mol. The number of Topliss-reactive ketones (excluding diaryl/α,β-unsaturated/α-hetero) is 1. The van der Waals surface area contributed by atoms with Gasteiger partial charge in [-0.3, -0.25) is 4.79 Å². The Kier molecular flexibility index (Phi) is 4.40. The first-order valence-corrected chi connectivity index (χ1v) is 6.54. The van der Waals surface area contributed by atoms with E-state index in [9.17, 15) is 4.79 Å². The van der Waals surface area contributed by atoms with Crippen molar-refractivity contribution < 1.29 is 9.53 Å². The highest BCUT2D eigenvalue weighted by molar-refractivity contribution is 6.40. The van der Waals surface area contributed by atoms with Crippen molar-refractivity contribution in [2.75, 3.05) is 6.61 Å². The zero-order valence-electron chi connectivity index (χ0n) is 9.99. The summed E-state index contributed by atoms with van der Waals surface area (Å²) in [6.45, 7) is -0.140. The van der Waals surface area contributed by atoms with E-state index < -0.39 is 0 Å². The van der Waals surface area contributed by atoms with Gasteiger partial charge < -0.3 is 9.30 Å². The lowest BCUT2D eigenvalue weighted by Gasteiger charge is -2.10. The van der Waals surface area contributed by atoms with Gasteiger partial charge in [-0.05, 0) is 24.3 Å². The summed E-state index contributed by atoms with van der Waals surface area (Å²) in [4.78, 5) is 11.9. The largest absolute Gasteiger partial charge is 0.482 e. The zero-order chi connectivity index (χ0) is 14.0. The Morgan fingerprint density at radius 3 is 2.42 bits per heavy atom. The number of rotatable bonds is 4. The van der Waals surface area contributed by atoms with Gasteiger partial charge in [0.15, 0.2) is 12.4 Å². The van der Waals surface area contributed by atoms with Crippen LogP contribution in [0.2, 0.25) is 15.1 Å². The molecule has 2 aromatic rings. The average Bonchev–Trinajstić information content (AvgIpc) is 2.73. The van der Waals surface area contributed by atoms with Crippen LogP contribution in [0.15, 0.2) is 30.5 Å². The number of carbonyl (C=O) groups is 1. The molecule has 1 aromatic carbocycles. The summed E-state index contributed by atoms with van der Waals surface area (Å²) >= 11 is 17.7. The van der Waals surface area contributed by atoms with Crippen molar-refractivity contribution in [1.29, 1.82) is 0 Å². The molecule has 100 valence electrons. The number of hydrogen-bond donors (Lipinski definition) is 0. The van der Waals surface area contributed by atoms with Gasteiger partial charge in [0, 0.05) is 18.3 Å². The van der Waals surface area contributed by atoms with Crippen LogP contribution in [0.1, 0.15) is 10.5 Å². The maximum Gasteiger partial charge on any atom is 0.216 e. The zero-order valence-corrected chi connectivity index (χ0v) is 12.3. The van der Waals surface area contributed by atoms with Gasteiger partial charge in [0.25, 0.3) is 0 Å². The molecule has 0 saturated carbocycles. The molecule has 0 radical (unpaired) electrons. The molecule has 2 rings (SSSR count). The summed E-state index contributed by atoms with van der Waals surface area (Å²) in [5.74, 6) is 0.102. The third-order valence-electron chi connectivity index (χ3n) is 2.54. The standard InChI is InChI=1S/C13H10Cl3NO2/c1-17-4-2-3-11(17)12(18)7-19-13-9(15)5-8(14)6-10(13)16/h2-6H,7H2,1H3. The van der Waals surface area contributed by atoms with E-state index in [1.807, 2.05) is 0 Å². The minimum atomic E-state index is -0.158. The Labute approximate surface area is 125 Å². The number of benzene rings is 1. The van der Waals surface area contributed by atoms with Crippen LogP contribution in [0.25, 0.3) is 0 Å². The molecule has 0 atom stereocenters. The lowest BCUT2D eigenvalue weighted by Crippen LogP contribution is -2.15. The van der Waals surface area contributed by atoms with Crippen LogP contribution in [0, 0.1) is 0 Å². The van der Waals surface area contributed by atoms with E-state index in [4.69, 9.17) is 39.5 Å². The number of carbonyl (C=O) groups excluding carboxylic acids is 1. The molecule has 0 aliphatic rings. The van der Waals surface area contributed by atoms with Gasteiger partial charge in [-0.1, -0.05) is 34.8 Å². The number of nitrogens with zero attached hydrogens (tertiary/aromatic N) is 1. The van der Waals surface area contributed by atoms with E-state index >= 15 is 0 Å². The fourth-order valence-electron chi connectivity index (χ4n) is 1.63. The van der Waals surface area contributed by atoms with Gasteiger partial charge in [0.1, 0.15) is 0 Å². The van der Waals surface area contributed by atoms with E-state index in [0.717, 1.165) is 0 Å². The van der Waals surface area contributed by atoms with Crippen LogP contribution in [0.5, 0.6) is 5.75 Å². The van der Waals surface area contributed by atoms with Crippen LogP contribution in [0.3, 0.4) is 0 Å². The van der Waals surface area contributed by atoms with E-state index in [0.29, 0.717) is 10.7 Å². The molecule has 6 heteroatoms. The molecule has 3 nitrogen and oxygen atoms in total. The number of ether oxygens (including phenoxy) is 1. The second-order valence-electron chi connectivity index (χ2n) is 3.91. The van der Waals surface area contributed by atoms with E-state index in [1.54, 1.807) is 29.9 Å². The van der Waals surface area contributed by atoms with Gasteiger partial charge in [-0.2, -0.15) is 0 Å². The lowest BCUT2D eigenvalue weighted by atomic mass is 10.3. The van der Waals surface area contributed by atoms with E-state index in [1.165, 1.54) is 12.1 Å². The van der Waals surface area contributed by atoms with E-state index in [2.05, 4.69) is 0 Å². The second kappa shape index (κ2) is 5.87. The molecule has 0 unspecified atom stereocenters. The fourth-order valence-corrected chi connectivity index (χ4v) is 2.56. The summed E-state index contributed by atoms with van der Waals surface area (Å²) < 4.78 is 7.10. The normalized spacial score (nSPS) is 10.5. The summed E-state index contributed by atoms with van der Waals surface area (Å²) in [7, 11) is 1.79. The SMILES string of the molecule is Cn1cccc1C(=O)COc1c(Cl)cc(Cl)cc1Cl. The predicted molar refractivity (Wildman–Crippen MR) is 76.7 cm³/mol. The maximum absolute atomic E-state index is 11.9. The Bertz CT molecular complexity index is 599. The number of aromatic nitrogens is 1. The Hall–Kier alpha value is -1.16. The Morgan fingerprint density at radius 1 is 1.26 bits per heavy atom. The summed E-state index contributed by atoms with van der Waals surface area (Å²) in [6.07, 6.45) is 1.79. The van der Waals surface area contributed by atoms with Gasteiger partial charge in [0.2, 0.25) is 5.78 Å². The molecule has 0 bridgehead atoms. The molecular weight excluding hydrogens is 309 g/mol. The first-order chi connectivity index (χ1) is 8.99.